The molecule has 0 saturated heterocycles. The molecule has 2 fully saturated rings. The fourth-order valence-corrected chi connectivity index (χ4v) is 9.43. The highest BCUT2D eigenvalue weighted by atomic mass is 16.5. The largest absolute Gasteiger partial charge is 0.478 e. The summed E-state index contributed by atoms with van der Waals surface area (Å²) in [5.74, 6) is -1.44. The minimum atomic E-state index is -0.992. The second-order valence-corrected chi connectivity index (χ2v) is 14.5. The van der Waals surface area contributed by atoms with Crippen molar-refractivity contribution >= 4 is 17.9 Å². The molecule has 0 bridgehead atoms. The van der Waals surface area contributed by atoms with Crippen LogP contribution in [0, 0.1) is 39.4 Å². The first-order valence-corrected chi connectivity index (χ1v) is 15.3. The predicted octanol–water partition coefficient (Wildman–Crippen LogP) is 6.40. The van der Waals surface area contributed by atoms with E-state index < -0.39 is 23.5 Å². The predicted molar refractivity (Wildman–Crippen MR) is 157 cm³/mol. The average molecular weight is 571 g/mol. The zero-order chi connectivity index (χ0) is 30.7. The number of hydrogen-bond donors (Lipinski definition) is 2. The number of carboxylic acid groups (broad SMARTS) is 1. The van der Waals surface area contributed by atoms with E-state index in [1.54, 1.807) is 13.0 Å². The van der Waals surface area contributed by atoms with E-state index >= 15 is 0 Å². The summed E-state index contributed by atoms with van der Waals surface area (Å²) in [5.41, 5.74) is 1.79. The van der Waals surface area contributed by atoms with Gasteiger partial charge < -0.3 is 19.7 Å². The molecule has 2 saturated carbocycles. The van der Waals surface area contributed by atoms with E-state index in [0.29, 0.717) is 18.8 Å². The Morgan fingerprint density at radius 2 is 1.71 bits per heavy atom. The van der Waals surface area contributed by atoms with Crippen LogP contribution in [0.5, 0.6) is 0 Å². The molecule has 0 amide bonds. The summed E-state index contributed by atoms with van der Waals surface area (Å²) in [6.07, 6.45) is 9.52. The van der Waals surface area contributed by atoms with Gasteiger partial charge in [-0.3, -0.25) is 9.59 Å². The van der Waals surface area contributed by atoms with Gasteiger partial charge >= 0.3 is 17.9 Å². The molecule has 4 aliphatic rings. The number of carboxylic acids is 1. The maximum absolute atomic E-state index is 12.5. The fraction of sp³-hybridized carbons (Fsp3) is 0.735. The van der Waals surface area contributed by atoms with Crippen LogP contribution in [0.25, 0.3) is 0 Å². The third-order valence-electron chi connectivity index (χ3n) is 12.2. The molecule has 0 aromatic rings. The average Bonchev–Trinajstić information content (AvgIpc) is 3.10. The number of rotatable bonds is 7. The minimum absolute atomic E-state index is 0.0496. The zero-order valence-electron chi connectivity index (χ0n) is 26.4. The van der Waals surface area contributed by atoms with E-state index in [1.165, 1.54) is 25.0 Å². The maximum atomic E-state index is 12.5. The third-order valence-corrected chi connectivity index (χ3v) is 12.2. The normalized spacial score (nSPS) is 39.2. The molecule has 0 spiro atoms. The van der Waals surface area contributed by atoms with Crippen molar-refractivity contribution in [2.75, 3.05) is 0 Å². The first kappa shape index (κ1) is 31.5. The number of fused-ring (bicyclic) bond motifs is 5. The van der Waals surface area contributed by atoms with Crippen molar-refractivity contribution in [1.29, 1.82) is 0 Å². The Morgan fingerprint density at radius 3 is 2.29 bits per heavy atom. The van der Waals surface area contributed by atoms with E-state index in [2.05, 4.69) is 53.7 Å². The van der Waals surface area contributed by atoms with Gasteiger partial charge in [0.25, 0.3) is 0 Å². The van der Waals surface area contributed by atoms with Crippen LogP contribution in [0.3, 0.4) is 0 Å². The van der Waals surface area contributed by atoms with Gasteiger partial charge in [-0.15, -0.1) is 0 Å². The number of aliphatic hydroxyl groups excluding tert-OH is 1. The molecule has 0 heterocycles. The summed E-state index contributed by atoms with van der Waals surface area (Å²) in [6.45, 7) is 17.8. The second-order valence-electron chi connectivity index (χ2n) is 14.5. The van der Waals surface area contributed by atoms with E-state index in [0.717, 1.165) is 25.7 Å². The van der Waals surface area contributed by atoms with Gasteiger partial charge in [0.2, 0.25) is 0 Å². The molecule has 0 aliphatic heterocycles. The van der Waals surface area contributed by atoms with Crippen LogP contribution in [0.4, 0.5) is 0 Å². The molecular formula is C34H50O7. The van der Waals surface area contributed by atoms with E-state index in [1.807, 2.05) is 0 Å². The van der Waals surface area contributed by atoms with Crippen molar-refractivity contribution in [1.82, 2.24) is 0 Å². The summed E-state index contributed by atoms with van der Waals surface area (Å²) in [7, 11) is 0. The van der Waals surface area contributed by atoms with Crippen LogP contribution in [-0.4, -0.2) is 46.4 Å². The van der Waals surface area contributed by atoms with Gasteiger partial charge in [0.05, 0.1) is 6.10 Å². The number of ether oxygens (including phenoxy) is 2. The second kappa shape index (κ2) is 10.7. The number of carbonyl (C=O) groups is 3. The Kier molecular flexibility index (Phi) is 8.22. The highest BCUT2D eigenvalue weighted by molar-refractivity contribution is 5.85. The van der Waals surface area contributed by atoms with Crippen LogP contribution < -0.4 is 0 Å². The van der Waals surface area contributed by atoms with E-state index in [4.69, 9.17) is 9.47 Å². The standard InChI is InChI=1S/C34H50O7/c1-19(30(38)39)10-12-26(40-21(3)35)20(2)25-18-29(41-22(4)36)34(9)24-11-13-27-31(5,6)28(37)15-16-32(27,7)23(24)14-17-33(25,34)8/h10-11,14,20,25-29,37H,12-13,15-18H2,1-9H3,(H,38,39)/b19-10+/t20-,25+,26-,27-,28+,29-,32+,33+,34+/m0/s1. The Labute approximate surface area is 245 Å². The lowest BCUT2D eigenvalue weighted by Crippen LogP contribution is -2.56. The molecule has 9 atom stereocenters. The monoisotopic (exact) mass is 570 g/mol. The number of allylic oxidation sites excluding steroid dienone is 3. The van der Waals surface area contributed by atoms with Gasteiger partial charge in [0, 0.05) is 31.3 Å². The quantitative estimate of drug-likeness (QED) is 0.269. The summed E-state index contributed by atoms with van der Waals surface area (Å²) < 4.78 is 12.0. The van der Waals surface area contributed by atoms with Crippen molar-refractivity contribution < 1.29 is 34.1 Å². The first-order chi connectivity index (χ1) is 18.9. The SMILES string of the molecule is CC(=O)O[C@@H](C/C=C(\C)C(=O)O)[C@@H](C)[C@H]1C[C@H](OC(C)=O)[C@@]2(C)C3=CC[C@H]4C(C)(C)[C@H](O)CC[C@]4(C)C3=CC[C@]12C. The van der Waals surface area contributed by atoms with Gasteiger partial charge in [-0.25, -0.2) is 4.79 Å². The Morgan fingerprint density at radius 1 is 1.05 bits per heavy atom. The van der Waals surface area contributed by atoms with Crippen molar-refractivity contribution in [2.24, 2.45) is 39.4 Å². The first-order valence-electron chi connectivity index (χ1n) is 15.3. The van der Waals surface area contributed by atoms with Crippen LogP contribution in [0.2, 0.25) is 0 Å². The van der Waals surface area contributed by atoms with E-state index in [9.17, 15) is 24.6 Å². The Balaban J connectivity index is 1.79. The summed E-state index contributed by atoms with van der Waals surface area (Å²) in [6, 6.07) is 0. The molecule has 2 N–H and O–H groups in total. The van der Waals surface area contributed by atoms with Crippen molar-refractivity contribution in [3.8, 4) is 0 Å². The molecule has 228 valence electrons. The number of hydrogen-bond acceptors (Lipinski definition) is 6. The molecule has 0 aromatic heterocycles. The number of aliphatic hydroxyl groups is 1. The van der Waals surface area contributed by atoms with Crippen LogP contribution >= 0.6 is 0 Å². The third kappa shape index (κ3) is 4.90. The smallest absolute Gasteiger partial charge is 0.330 e. The van der Waals surface area contributed by atoms with Crippen molar-refractivity contribution in [2.45, 2.75) is 119 Å². The zero-order valence-corrected chi connectivity index (χ0v) is 26.4. The van der Waals surface area contributed by atoms with Gasteiger partial charge in [0.1, 0.15) is 12.2 Å². The van der Waals surface area contributed by atoms with Crippen LogP contribution in [0.1, 0.15) is 101 Å². The highest BCUT2D eigenvalue weighted by Crippen LogP contribution is 2.72. The molecule has 4 aliphatic carbocycles. The van der Waals surface area contributed by atoms with Crippen LogP contribution in [-0.2, 0) is 23.9 Å². The molecule has 4 rings (SSSR count). The minimum Gasteiger partial charge on any atom is -0.478 e. The lowest BCUT2D eigenvalue weighted by molar-refractivity contribution is -0.153. The van der Waals surface area contributed by atoms with Gasteiger partial charge in [0.15, 0.2) is 0 Å². The Hall–Kier alpha value is -2.41. The topological polar surface area (TPSA) is 110 Å². The van der Waals surface area contributed by atoms with Crippen LogP contribution in [0.15, 0.2) is 34.9 Å². The molecule has 7 nitrogen and oxygen atoms in total. The molecule has 7 heteroatoms. The van der Waals surface area contributed by atoms with E-state index in [-0.39, 0.29) is 51.8 Å². The fourth-order valence-electron chi connectivity index (χ4n) is 9.43. The number of esters is 2. The lowest BCUT2D eigenvalue weighted by atomic mass is 9.44. The number of aliphatic carboxylic acids is 1. The summed E-state index contributed by atoms with van der Waals surface area (Å²) in [4.78, 5) is 36.1. The maximum Gasteiger partial charge on any atom is 0.330 e. The Bertz CT molecular complexity index is 1190. The summed E-state index contributed by atoms with van der Waals surface area (Å²) in [5, 5.41) is 20.3. The molecule has 41 heavy (non-hydrogen) atoms. The van der Waals surface area contributed by atoms with Gasteiger partial charge in [-0.1, -0.05) is 59.8 Å². The molecule has 0 radical (unpaired) electrons. The molecule has 0 unspecified atom stereocenters. The van der Waals surface area contributed by atoms with Crippen molar-refractivity contribution in [3.05, 3.63) is 34.9 Å². The van der Waals surface area contributed by atoms with Gasteiger partial charge in [-0.2, -0.15) is 0 Å². The molecule has 0 aromatic carbocycles. The number of carbonyl (C=O) groups excluding carboxylic acids is 2. The molecular weight excluding hydrogens is 520 g/mol. The van der Waals surface area contributed by atoms with Crippen molar-refractivity contribution in [3.63, 3.8) is 0 Å². The highest BCUT2D eigenvalue weighted by Gasteiger charge is 2.68. The van der Waals surface area contributed by atoms with Gasteiger partial charge in [-0.05, 0) is 84.2 Å². The summed E-state index contributed by atoms with van der Waals surface area (Å²) >= 11 is 0. The lowest BCUT2D eigenvalue weighted by Gasteiger charge is -2.61.